The molecule has 0 aromatic heterocycles. The van der Waals surface area contributed by atoms with Crippen molar-refractivity contribution in [2.45, 2.75) is 25.3 Å². The van der Waals surface area contributed by atoms with Crippen LogP contribution in [-0.4, -0.2) is 37.0 Å². The fraction of sp³-hybridized carbons (Fsp3) is 0.500. The van der Waals surface area contributed by atoms with Gasteiger partial charge in [0, 0.05) is 32.1 Å². The van der Waals surface area contributed by atoms with E-state index < -0.39 is 0 Å². The van der Waals surface area contributed by atoms with E-state index in [2.05, 4.69) is 10.6 Å². The number of anilines is 2. The van der Waals surface area contributed by atoms with Gasteiger partial charge in [0.25, 0.3) is 5.69 Å². The Morgan fingerprint density at radius 1 is 1.38 bits per heavy atom. The van der Waals surface area contributed by atoms with Crippen molar-refractivity contribution in [1.29, 1.82) is 0 Å². The summed E-state index contributed by atoms with van der Waals surface area (Å²) >= 11 is 0. The van der Waals surface area contributed by atoms with Crippen molar-refractivity contribution in [2.75, 3.05) is 30.4 Å². The van der Waals surface area contributed by atoms with E-state index in [1.165, 1.54) is 6.07 Å². The number of fused-ring (bicyclic) bond motifs is 1. The molecule has 0 radical (unpaired) electrons. The van der Waals surface area contributed by atoms with Crippen LogP contribution in [0.4, 0.5) is 17.1 Å². The van der Waals surface area contributed by atoms with Crippen molar-refractivity contribution >= 4 is 23.0 Å². The second-order valence-corrected chi connectivity index (χ2v) is 5.56. The van der Waals surface area contributed by atoms with Crippen LogP contribution in [0.2, 0.25) is 0 Å². The zero-order valence-electron chi connectivity index (χ0n) is 11.9. The van der Waals surface area contributed by atoms with Crippen LogP contribution < -0.4 is 15.5 Å². The average molecular weight is 290 g/mol. The lowest BCUT2D eigenvalue weighted by Crippen LogP contribution is -2.34. The average Bonchev–Trinajstić information content (AvgIpc) is 2.99. The van der Waals surface area contributed by atoms with E-state index in [4.69, 9.17) is 0 Å². The lowest BCUT2D eigenvalue weighted by Gasteiger charge is -2.27. The van der Waals surface area contributed by atoms with Gasteiger partial charge in [-0.15, -0.1) is 0 Å². The first-order valence-corrected chi connectivity index (χ1v) is 7.11. The Hall–Kier alpha value is -2.15. The molecule has 2 N–H and O–H groups in total. The third-order valence-corrected chi connectivity index (χ3v) is 4.25. The van der Waals surface area contributed by atoms with Gasteiger partial charge in [-0.1, -0.05) is 0 Å². The molecule has 2 aliphatic rings. The van der Waals surface area contributed by atoms with E-state index in [1.807, 2.05) is 18.0 Å². The van der Waals surface area contributed by atoms with Gasteiger partial charge in [-0.3, -0.25) is 14.9 Å². The summed E-state index contributed by atoms with van der Waals surface area (Å²) in [6.45, 7) is 1.77. The molecule has 112 valence electrons. The van der Waals surface area contributed by atoms with Gasteiger partial charge in [-0.2, -0.15) is 0 Å². The Kier molecular flexibility index (Phi) is 3.50. The van der Waals surface area contributed by atoms with Crippen LogP contribution in [0, 0.1) is 10.1 Å². The zero-order chi connectivity index (χ0) is 15.0. The molecule has 1 aromatic rings. The van der Waals surface area contributed by atoms with Gasteiger partial charge in [-0.25, -0.2) is 0 Å². The summed E-state index contributed by atoms with van der Waals surface area (Å²) < 4.78 is 0. The highest BCUT2D eigenvalue weighted by Crippen LogP contribution is 2.37. The van der Waals surface area contributed by atoms with Gasteiger partial charge in [0.1, 0.15) is 5.69 Å². The predicted molar refractivity (Wildman–Crippen MR) is 79.7 cm³/mol. The Balaban J connectivity index is 2.01. The van der Waals surface area contributed by atoms with Crippen LogP contribution in [0.5, 0.6) is 0 Å². The van der Waals surface area contributed by atoms with Gasteiger partial charge in [0.15, 0.2) is 0 Å². The number of amides is 1. The topological polar surface area (TPSA) is 87.5 Å². The molecule has 21 heavy (non-hydrogen) atoms. The van der Waals surface area contributed by atoms with Crippen molar-refractivity contribution in [2.24, 2.45) is 0 Å². The summed E-state index contributed by atoms with van der Waals surface area (Å²) in [4.78, 5) is 24.4. The molecule has 0 saturated carbocycles. The van der Waals surface area contributed by atoms with E-state index in [0.717, 1.165) is 25.1 Å². The molecule has 1 atom stereocenters. The number of rotatable bonds is 3. The van der Waals surface area contributed by atoms with E-state index in [0.29, 0.717) is 24.2 Å². The van der Waals surface area contributed by atoms with Crippen LogP contribution in [0.3, 0.4) is 0 Å². The lowest BCUT2D eigenvalue weighted by atomic mass is 10.0. The second kappa shape index (κ2) is 5.33. The highest BCUT2D eigenvalue weighted by Gasteiger charge is 2.28. The first-order valence-electron chi connectivity index (χ1n) is 7.11. The molecular weight excluding hydrogens is 272 g/mol. The maximum atomic E-state index is 11.4. The molecule has 1 fully saturated rings. The number of benzene rings is 1. The summed E-state index contributed by atoms with van der Waals surface area (Å²) in [6.07, 6.45) is 2.03. The SMILES string of the molecule is CN(c1cc2c(cc1[N+](=O)[O-])NC(=O)CC2)C1CCNC1. The van der Waals surface area contributed by atoms with Crippen LogP contribution in [-0.2, 0) is 11.2 Å². The first-order chi connectivity index (χ1) is 10.1. The van der Waals surface area contributed by atoms with Crippen LogP contribution in [0.1, 0.15) is 18.4 Å². The molecule has 1 aromatic carbocycles. The predicted octanol–water partition coefficient (Wildman–Crippen LogP) is 1.28. The molecule has 0 bridgehead atoms. The third kappa shape index (κ3) is 2.56. The Morgan fingerprint density at radius 3 is 2.86 bits per heavy atom. The van der Waals surface area contributed by atoms with Crippen LogP contribution in [0.15, 0.2) is 12.1 Å². The number of nitro benzene ring substituents is 1. The molecule has 7 heteroatoms. The quantitative estimate of drug-likeness (QED) is 0.646. The number of aryl methyl sites for hydroxylation is 1. The Morgan fingerprint density at radius 2 is 2.19 bits per heavy atom. The fourth-order valence-corrected chi connectivity index (χ4v) is 3.00. The lowest BCUT2D eigenvalue weighted by molar-refractivity contribution is -0.384. The monoisotopic (exact) mass is 290 g/mol. The number of nitrogens with one attached hydrogen (secondary N) is 2. The highest BCUT2D eigenvalue weighted by atomic mass is 16.6. The molecule has 1 amide bonds. The maximum absolute atomic E-state index is 11.4. The summed E-state index contributed by atoms with van der Waals surface area (Å²) in [6, 6.07) is 3.60. The number of hydrogen-bond donors (Lipinski definition) is 2. The number of carbonyl (C=O) groups excluding carboxylic acids is 1. The van der Waals surface area contributed by atoms with Crippen molar-refractivity contribution < 1.29 is 9.72 Å². The molecule has 7 nitrogen and oxygen atoms in total. The Labute approximate surface area is 122 Å². The maximum Gasteiger partial charge on any atom is 0.294 e. The number of carbonyl (C=O) groups is 1. The molecule has 2 heterocycles. The Bertz CT molecular complexity index is 596. The summed E-state index contributed by atoms with van der Waals surface area (Å²) in [5, 5.41) is 17.3. The second-order valence-electron chi connectivity index (χ2n) is 5.56. The van der Waals surface area contributed by atoms with E-state index in [9.17, 15) is 14.9 Å². The van der Waals surface area contributed by atoms with Gasteiger partial charge >= 0.3 is 0 Å². The summed E-state index contributed by atoms with van der Waals surface area (Å²) in [7, 11) is 1.90. The van der Waals surface area contributed by atoms with Crippen LogP contribution >= 0.6 is 0 Å². The smallest absolute Gasteiger partial charge is 0.294 e. The number of nitrogens with zero attached hydrogens (tertiary/aromatic N) is 2. The van der Waals surface area contributed by atoms with Crippen molar-refractivity contribution in [3.63, 3.8) is 0 Å². The van der Waals surface area contributed by atoms with Gasteiger partial charge in [0.05, 0.1) is 10.6 Å². The van der Waals surface area contributed by atoms with Crippen molar-refractivity contribution in [1.82, 2.24) is 5.32 Å². The largest absolute Gasteiger partial charge is 0.365 e. The van der Waals surface area contributed by atoms with Crippen molar-refractivity contribution in [3.8, 4) is 0 Å². The van der Waals surface area contributed by atoms with E-state index >= 15 is 0 Å². The normalized spacial score (nSPS) is 20.8. The number of likely N-dealkylation sites (N-methyl/N-ethyl adjacent to an activating group) is 1. The molecule has 3 rings (SSSR count). The highest BCUT2D eigenvalue weighted by molar-refractivity contribution is 5.95. The van der Waals surface area contributed by atoms with E-state index in [1.54, 1.807) is 0 Å². The minimum Gasteiger partial charge on any atom is -0.365 e. The fourth-order valence-electron chi connectivity index (χ4n) is 3.00. The molecule has 1 saturated heterocycles. The third-order valence-electron chi connectivity index (χ3n) is 4.25. The summed E-state index contributed by atoms with van der Waals surface area (Å²) in [5.41, 5.74) is 2.21. The zero-order valence-corrected chi connectivity index (χ0v) is 11.9. The minimum absolute atomic E-state index is 0.0466. The van der Waals surface area contributed by atoms with Crippen LogP contribution in [0.25, 0.3) is 0 Å². The first kappa shape index (κ1) is 13.8. The van der Waals surface area contributed by atoms with Gasteiger partial charge < -0.3 is 15.5 Å². The molecule has 0 aliphatic carbocycles. The molecule has 0 spiro atoms. The standard InChI is InChI=1S/C14H18N4O3/c1-17(10-4-5-15-8-10)12-6-9-2-3-14(19)16-11(9)7-13(12)18(20)21/h6-7,10,15H,2-5,8H2,1H3,(H,16,19). The minimum atomic E-state index is -0.380. The van der Waals surface area contributed by atoms with Crippen molar-refractivity contribution in [3.05, 3.63) is 27.8 Å². The molecule has 1 unspecified atom stereocenters. The molecule has 2 aliphatic heterocycles. The van der Waals surface area contributed by atoms with E-state index in [-0.39, 0.29) is 22.6 Å². The number of nitro groups is 1. The summed E-state index contributed by atoms with van der Waals surface area (Å²) in [5.74, 6) is -0.0853. The van der Waals surface area contributed by atoms with Gasteiger partial charge in [0.2, 0.25) is 5.91 Å². The number of hydrogen-bond acceptors (Lipinski definition) is 5. The molecular formula is C14H18N4O3. The van der Waals surface area contributed by atoms with Gasteiger partial charge in [-0.05, 0) is 31.0 Å².